The third-order valence-corrected chi connectivity index (χ3v) is 4.51. The van der Waals surface area contributed by atoms with Gasteiger partial charge in [-0.1, -0.05) is 6.92 Å². The lowest BCUT2D eigenvalue weighted by molar-refractivity contribution is 0.0270. The highest BCUT2D eigenvalue weighted by atomic mass is 32.2. The maximum Gasteiger partial charge on any atom is 0.273 e. The van der Waals surface area contributed by atoms with Gasteiger partial charge in [-0.3, -0.25) is 9.89 Å². The number of carbonyl (C=O) groups is 1. The molecule has 1 saturated heterocycles. The first-order valence-electron chi connectivity index (χ1n) is 6.77. The fourth-order valence-corrected chi connectivity index (χ4v) is 3.37. The normalized spacial score (nSPS) is 23.0. The van der Waals surface area contributed by atoms with Gasteiger partial charge in [-0.15, -0.1) is 0 Å². The lowest BCUT2D eigenvalue weighted by atomic mass is 9.95. The van der Waals surface area contributed by atoms with Gasteiger partial charge in [-0.25, -0.2) is 13.6 Å². The van der Waals surface area contributed by atoms with E-state index in [9.17, 15) is 13.2 Å². The van der Waals surface area contributed by atoms with E-state index in [1.54, 1.807) is 6.92 Å². The van der Waals surface area contributed by atoms with Crippen LogP contribution in [-0.4, -0.2) is 43.3 Å². The molecular weight excluding hydrogens is 296 g/mol. The monoisotopic (exact) mass is 316 g/mol. The molecule has 1 amide bonds. The van der Waals surface area contributed by atoms with Crippen LogP contribution in [0.4, 0.5) is 0 Å². The maximum absolute atomic E-state index is 12.3. The second kappa shape index (κ2) is 5.74. The summed E-state index contributed by atoms with van der Waals surface area (Å²) >= 11 is 0. The Balaban J connectivity index is 2.30. The summed E-state index contributed by atoms with van der Waals surface area (Å²) in [6.45, 7) is 4.65. The number of amides is 1. The number of rotatable bonds is 4. The van der Waals surface area contributed by atoms with Crippen molar-refractivity contribution in [2.45, 2.75) is 43.5 Å². The van der Waals surface area contributed by atoms with Crippen LogP contribution in [0.1, 0.15) is 42.9 Å². The minimum atomic E-state index is -4.02. The zero-order valence-corrected chi connectivity index (χ0v) is 12.9. The zero-order chi connectivity index (χ0) is 15.7. The van der Waals surface area contributed by atoms with E-state index in [1.165, 1.54) is 0 Å². The molecule has 4 N–H and O–H groups in total. The van der Waals surface area contributed by atoms with Gasteiger partial charge in [0.2, 0.25) is 10.0 Å². The van der Waals surface area contributed by atoms with Crippen molar-refractivity contribution in [3.05, 3.63) is 11.4 Å². The smallest absolute Gasteiger partial charge is 0.273 e. The minimum Gasteiger partial charge on any atom is -0.379 e. The molecule has 0 saturated carbocycles. The van der Waals surface area contributed by atoms with Crippen molar-refractivity contribution >= 4 is 15.9 Å². The first-order chi connectivity index (χ1) is 9.77. The molecule has 0 bridgehead atoms. The maximum atomic E-state index is 12.3. The number of aryl methyl sites for hydroxylation is 1. The quantitative estimate of drug-likeness (QED) is 0.716. The summed E-state index contributed by atoms with van der Waals surface area (Å²) in [7, 11) is -4.02. The zero-order valence-electron chi connectivity index (χ0n) is 12.1. The molecule has 2 rings (SSSR count). The molecule has 1 aromatic rings. The van der Waals surface area contributed by atoms with Crippen molar-refractivity contribution in [1.82, 2.24) is 15.5 Å². The molecule has 0 aromatic carbocycles. The highest BCUT2D eigenvalue weighted by molar-refractivity contribution is 7.89. The number of carbonyl (C=O) groups excluding carboxylic acids is 1. The third-order valence-electron chi connectivity index (χ3n) is 3.50. The van der Waals surface area contributed by atoms with Crippen molar-refractivity contribution in [3.8, 4) is 0 Å². The van der Waals surface area contributed by atoms with Crippen LogP contribution in [0.3, 0.4) is 0 Å². The highest BCUT2D eigenvalue weighted by Crippen LogP contribution is 2.21. The minimum absolute atomic E-state index is 0.193. The summed E-state index contributed by atoms with van der Waals surface area (Å²) in [5, 5.41) is 14.4. The van der Waals surface area contributed by atoms with E-state index in [1.807, 2.05) is 6.92 Å². The van der Waals surface area contributed by atoms with E-state index in [-0.39, 0.29) is 10.6 Å². The molecule has 9 heteroatoms. The lowest BCUT2D eigenvalue weighted by Crippen LogP contribution is -2.51. The number of primary sulfonamides is 1. The number of H-pyrrole nitrogens is 1. The summed E-state index contributed by atoms with van der Waals surface area (Å²) in [4.78, 5) is 12.1. The van der Waals surface area contributed by atoms with Crippen LogP contribution in [-0.2, 0) is 21.2 Å². The Kier molecular flexibility index (Phi) is 4.35. The number of aromatic nitrogens is 2. The first-order valence-corrected chi connectivity index (χ1v) is 8.32. The van der Waals surface area contributed by atoms with E-state index in [4.69, 9.17) is 9.88 Å². The van der Waals surface area contributed by atoms with Gasteiger partial charge in [0.15, 0.2) is 5.69 Å². The molecule has 0 aliphatic carbocycles. The average molecular weight is 316 g/mol. The molecule has 8 nitrogen and oxygen atoms in total. The van der Waals surface area contributed by atoms with Crippen LogP contribution in [0, 0.1) is 0 Å². The molecule has 1 aromatic heterocycles. The summed E-state index contributed by atoms with van der Waals surface area (Å²) in [5.41, 5.74) is -0.398. The van der Waals surface area contributed by atoms with Gasteiger partial charge < -0.3 is 10.1 Å². The molecule has 1 aliphatic rings. The lowest BCUT2D eigenvalue weighted by Gasteiger charge is -2.34. The largest absolute Gasteiger partial charge is 0.379 e. The summed E-state index contributed by atoms with van der Waals surface area (Å²) in [5.74, 6) is -0.567. The van der Waals surface area contributed by atoms with Gasteiger partial charge in [-0.2, -0.15) is 5.10 Å². The summed E-state index contributed by atoms with van der Waals surface area (Å²) in [6, 6.07) is 0. The van der Waals surface area contributed by atoms with E-state index >= 15 is 0 Å². The van der Waals surface area contributed by atoms with E-state index in [0.29, 0.717) is 25.3 Å². The summed E-state index contributed by atoms with van der Waals surface area (Å²) < 4.78 is 28.7. The van der Waals surface area contributed by atoms with Crippen LogP contribution < -0.4 is 10.5 Å². The molecule has 21 heavy (non-hydrogen) atoms. The number of ether oxygens (including phenoxy) is 1. The number of nitrogens with one attached hydrogen (secondary N) is 2. The van der Waals surface area contributed by atoms with Gasteiger partial charge in [0.1, 0.15) is 4.90 Å². The van der Waals surface area contributed by atoms with Crippen molar-refractivity contribution in [2.75, 3.05) is 13.2 Å². The fraction of sp³-hybridized carbons (Fsp3) is 0.667. The van der Waals surface area contributed by atoms with Crippen molar-refractivity contribution < 1.29 is 17.9 Å². The van der Waals surface area contributed by atoms with Crippen molar-refractivity contribution in [2.24, 2.45) is 5.14 Å². The number of nitrogens with zero attached hydrogens (tertiary/aromatic N) is 1. The Bertz CT molecular complexity index is 632. The number of aromatic amines is 1. The SMILES string of the molecule is CCc1[nH]nc(C(=O)NC2(C)CCCOC2)c1S(N)(=O)=O. The number of nitrogens with two attached hydrogens (primary N) is 1. The molecule has 0 radical (unpaired) electrons. The molecule has 1 fully saturated rings. The van der Waals surface area contributed by atoms with Crippen LogP contribution in [0.15, 0.2) is 4.90 Å². The second-order valence-electron chi connectivity index (χ2n) is 5.45. The van der Waals surface area contributed by atoms with Gasteiger partial charge >= 0.3 is 0 Å². The van der Waals surface area contributed by atoms with E-state index in [2.05, 4.69) is 15.5 Å². The Morgan fingerprint density at radius 3 is 2.81 bits per heavy atom. The standard InChI is InChI=1S/C12H20N4O4S/c1-3-8-10(21(13,18)19)9(16-15-8)11(17)14-12(2)5-4-6-20-7-12/h3-7H2,1-2H3,(H,14,17)(H,15,16)(H2,13,18,19). The summed E-state index contributed by atoms with van der Waals surface area (Å²) in [6.07, 6.45) is 1.97. The predicted molar refractivity (Wildman–Crippen MR) is 75.3 cm³/mol. The fourth-order valence-electron chi connectivity index (χ4n) is 2.43. The van der Waals surface area contributed by atoms with Crippen molar-refractivity contribution in [1.29, 1.82) is 0 Å². The van der Waals surface area contributed by atoms with Crippen LogP contribution >= 0.6 is 0 Å². The Morgan fingerprint density at radius 1 is 1.57 bits per heavy atom. The number of hydrogen-bond donors (Lipinski definition) is 3. The molecule has 2 heterocycles. The third kappa shape index (κ3) is 3.42. The average Bonchev–Trinajstić information content (AvgIpc) is 2.82. The van der Waals surface area contributed by atoms with E-state index < -0.39 is 21.5 Å². The van der Waals surface area contributed by atoms with Crippen molar-refractivity contribution in [3.63, 3.8) is 0 Å². The van der Waals surface area contributed by atoms with Crippen LogP contribution in [0.25, 0.3) is 0 Å². The van der Waals surface area contributed by atoms with Crippen LogP contribution in [0.5, 0.6) is 0 Å². The molecule has 0 spiro atoms. The van der Waals surface area contributed by atoms with Gasteiger partial charge in [0, 0.05) is 6.61 Å². The van der Waals surface area contributed by atoms with Gasteiger partial charge in [0.05, 0.1) is 17.8 Å². The number of sulfonamides is 1. The highest BCUT2D eigenvalue weighted by Gasteiger charge is 2.33. The Morgan fingerprint density at radius 2 is 2.29 bits per heavy atom. The molecule has 1 atom stereocenters. The molecule has 1 aliphatic heterocycles. The van der Waals surface area contributed by atoms with Crippen LogP contribution in [0.2, 0.25) is 0 Å². The van der Waals surface area contributed by atoms with Gasteiger partial charge in [0.25, 0.3) is 5.91 Å². The Labute approximate surface area is 123 Å². The number of hydrogen-bond acceptors (Lipinski definition) is 5. The molecule has 118 valence electrons. The molecule has 1 unspecified atom stereocenters. The van der Waals surface area contributed by atoms with Gasteiger partial charge in [-0.05, 0) is 26.2 Å². The predicted octanol–water partition coefficient (Wildman–Crippen LogP) is -0.0816. The first kappa shape index (κ1) is 15.9. The van der Waals surface area contributed by atoms with E-state index in [0.717, 1.165) is 12.8 Å². The molecular formula is C12H20N4O4S. The topological polar surface area (TPSA) is 127 Å². The Hall–Kier alpha value is -1.45. The second-order valence-corrected chi connectivity index (χ2v) is 6.95.